The predicted octanol–water partition coefficient (Wildman–Crippen LogP) is -0.116. The Morgan fingerprint density at radius 1 is 1.05 bits per heavy atom. The van der Waals surface area contributed by atoms with E-state index in [1.165, 1.54) is 6.92 Å². The first-order valence-corrected chi connectivity index (χ1v) is 6.72. The van der Waals surface area contributed by atoms with Crippen LogP contribution in [0.15, 0.2) is 24.3 Å². The van der Waals surface area contributed by atoms with Gasteiger partial charge in [0.1, 0.15) is 18.3 Å². The van der Waals surface area contributed by atoms with E-state index < -0.39 is 30.6 Å². The van der Waals surface area contributed by atoms with Gasteiger partial charge in [-0.25, -0.2) is 0 Å². The standard InChI is InChI=1S/C14H20N2O5/c1-7-11(18)12(19)13(20)14(21-7)16-10-5-3-9(4-6-10)15-8(2)17/h3-7,11-14,16,18-20H,1-2H3,(H,15,17)/t7-,11+,12+,13+,14-/m1/s1. The fraction of sp³-hybridized carbons (Fsp3) is 0.500. The van der Waals surface area contributed by atoms with Crippen LogP contribution in [-0.4, -0.2) is 51.9 Å². The van der Waals surface area contributed by atoms with Gasteiger partial charge in [0.25, 0.3) is 0 Å². The SMILES string of the molecule is CC(=O)Nc1ccc(N[C@@H]2O[C@H](C)[C@H](O)[C@H](O)[C@@H]2O)cc1. The molecule has 116 valence electrons. The lowest BCUT2D eigenvalue weighted by atomic mass is 9.99. The van der Waals surface area contributed by atoms with Crippen molar-refractivity contribution in [1.29, 1.82) is 0 Å². The highest BCUT2D eigenvalue weighted by atomic mass is 16.5. The summed E-state index contributed by atoms with van der Waals surface area (Å²) in [5, 5.41) is 34.8. The van der Waals surface area contributed by atoms with Crippen molar-refractivity contribution >= 4 is 17.3 Å². The minimum atomic E-state index is -1.27. The van der Waals surface area contributed by atoms with Gasteiger partial charge in [0.15, 0.2) is 6.23 Å². The molecule has 0 bridgehead atoms. The van der Waals surface area contributed by atoms with Crippen molar-refractivity contribution in [3.05, 3.63) is 24.3 Å². The minimum absolute atomic E-state index is 0.160. The lowest BCUT2D eigenvalue weighted by molar-refractivity contribution is -0.209. The number of anilines is 2. The molecule has 0 aliphatic carbocycles. The number of benzene rings is 1. The first-order valence-electron chi connectivity index (χ1n) is 6.72. The number of ether oxygens (including phenoxy) is 1. The summed E-state index contributed by atoms with van der Waals surface area (Å²) >= 11 is 0. The molecule has 1 amide bonds. The highest BCUT2D eigenvalue weighted by Gasteiger charge is 2.41. The highest BCUT2D eigenvalue weighted by molar-refractivity contribution is 5.88. The number of amides is 1. The summed E-state index contributed by atoms with van der Waals surface area (Å²) in [6.07, 6.45) is -5.07. The molecule has 1 aliphatic rings. The molecule has 1 fully saturated rings. The Morgan fingerprint density at radius 3 is 2.19 bits per heavy atom. The van der Waals surface area contributed by atoms with Crippen LogP contribution in [0.1, 0.15) is 13.8 Å². The van der Waals surface area contributed by atoms with Crippen molar-refractivity contribution in [1.82, 2.24) is 0 Å². The number of carbonyl (C=O) groups excluding carboxylic acids is 1. The van der Waals surface area contributed by atoms with E-state index in [4.69, 9.17) is 4.74 Å². The second-order valence-corrected chi connectivity index (χ2v) is 5.14. The molecule has 7 nitrogen and oxygen atoms in total. The molecule has 1 aromatic rings. The molecule has 0 saturated carbocycles. The Kier molecular flexibility index (Phi) is 4.79. The van der Waals surface area contributed by atoms with Crippen LogP contribution in [-0.2, 0) is 9.53 Å². The van der Waals surface area contributed by atoms with E-state index in [2.05, 4.69) is 10.6 Å². The number of nitrogens with one attached hydrogen (secondary N) is 2. The van der Waals surface area contributed by atoms with Crippen LogP contribution in [0.4, 0.5) is 11.4 Å². The molecule has 21 heavy (non-hydrogen) atoms. The molecular weight excluding hydrogens is 276 g/mol. The van der Waals surface area contributed by atoms with E-state index >= 15 is 0 Å². The third-order valence-electron chi connectivity index (χ3n) is 3.37. The predicted molar refractivity (Wildman–Crippen MR) is 76.7 cm³/mol. The Hall–Kier alpha value is -1.67. The van der Waals surface area contributed by atoms with Crippen molar-refractivity contribution < 1.29 is 24.9 Å². The van der Waals surface area contributed by atoms with E-state index in [0.717, 1.165) is 0 Å². The highest BCUT2D eigenvalue weighted by Crippen LogP contribution is 2.23. The summed E-state index contributed by atoms with van der Waals surface area (Å²) in [7, 11) is 0. The van der Waals surface area contributed by atoms with Crippen LogP contribution in [0, 0.1) is 0 Å². The first kappa shape index (κ1) is 15.7. The molecule has 7 heteroatoms. The Morgan fingerprint density at radius 2 is 1.62 bits per heavy atom. The number of carbonyl (C=O) groups is 1. The molecule has 0 radical (unpaired) electrons. The molecule has 0 aromatic heterocycles. The average molecular weight is 296 g/mol. The number of aliphatic hydroxyl groups is 3. The van der Waals surface area contributed by atoms with Crippen LogP contribution in [0.5, 0.6) is 0 Å². The van der Waals surface area contributed by atoms with E-state index in [1.807, 2.05) is 0 Å². The van der Waals surface area contributed by atoms with Gasteiger partial charge in [0, 0.05) is 18.3 Å². The van der Waals surface area contributed by atoms with Crippen LogP contribution in [0.2, 0.25) is 0 Å². The maximum atomic E-state index is 10.9. The molecule has 1 aromatic carbocycles. The summed E-state index contributed by atoms with van der Waals surface area (Å²) in [6, 6.07) is 6.83. The molecule has 0 spiro atoms. The van der Waals surface area contributed by atoms with Crippen molar-refractivity contribution in [2.24, 2.45) is 0 Å². The Labute approximate surface area is 122 Å². The number of rotatable bonds is 3. The largest absolute Gasteiger partial charge is 0.388 e. The molecular formula is C14H20N2O5. The van der Waals surface area contributed by atoms with Gasteiger partial charge >= 0.3 is 0 Å². The topological polar surface area (TPSA) is 111 Å². The fourth-order valence-corrected chi connectivity index (χ4v) is 2.19. The van der Waals surface area contributed by atoms with Gasteiger partial charge in [-0.05, 0) is 31.2 Å². The van der Waals surface area contributed by atoms with E-state index in [9.17, 15) is 20.1 Å². The lowest BCUT2D eigenvalue weighted by Gasteiger charge is -2.39. The number of hydrogen-bond donors (Lipinski definition) is 5. The first-order chi connectivity index (χ1) is 9.88. The van der Waals surface area contributed by atoms with E-state index in [0.29, 0.717) is 11.4 Å². The van der Waals surface area contributed by atoms with Gasteiger partial charge < -0.3 is 30.7 Å². The third-order valence-corrected chi connectivity index (χ3v) is 3.37. The van der Waals surface area contributed by atoms with Crippen molar-refractivity contribution in [3.63, 3.8) is 0 Å². The molecule has 5 atom stereocenters. The van der Waals surface area contributed by atoms with Crippen molar-refractivity contribution in [3.8, 4) is 0 Å². The molecule has 1 heterocycles. The fourth-order valence-electron chi connectivity index (χ4n) is 2.19. The third kappa shape index (κ3) is 3.70. The van der Waals surface area contributed by atoms with Gasteiger partial charge in [0.2, 0.25) is 5.91 Å². The van der Waals surface area contributed by atoms with Gasteiger partial charge in [-0.2, -0.15) is 0 Å². The molecule has 1 aliphatic heterocycles. The normalized spacial score (nSPS) is 32.5. The number of hydrogen-bond acceptors (Lipinski definition) is 6. The lowest BCUT2D eigenvalue weighted by Crippen LogP contribution is -2.58. The molecule has 5 N–H and O–H groups in total. The summed E-state index contributed by atoms with van der Waals surface area (Å²) in [5.41, 5.74) is 1.31. The maximum Gasteiger partial charge on any atom is 0.221 e. The minimum Gasteiger partial charge on any atom is -0.388 e. The summed E-state index contributed by atoms with van der Waals surface area (Å²) < 4.78 is 5.44. The second-order valence-electron chi connectivity index (χ2n) is 5.14. The molecule has 1 saturated heterocycles. The zero-order valence-corrected chi connectivity index (χ0v) is 11.9. The van der Waals surface area contributed by atoms with Gasteiger partial charge in [-0.3, -0.25) is 4.79 Å². The zero-order valence-electron chi connectivity index (χ0n) is 11.9. The summed E-state index contributed by atoms with van der Waals surface area (Å²) in [4.78, 5) is 10.9. The van der Waals surface area contributed by atoms with Gasteiger partial charge in [-0.15, -0.1) is 0 Å². The van der Waals surface area contributed by atoms with Crippen LogP contribution in [0.25, 0.3) is 0 Å². The summed E-state index contributed by atoms with van der Waals surface area (Å²) in [6.45, 7) is 3.04. The summed E-state index contributed by atoms with van der Waals surface area (Å²) in [5.74, 6) is -0.160. The van der Waals surface area contributed by atoms with Crippen LogP contribution < -0.4 is 10.6 Å². The van der Waals surface area contributed by atoms with Gasteiger partial charge in [0.05, 0.1) is 6.10 Å². The van der Waals surface area contributed by atoms with E-state index in [1.54, 1.807) is 31.2 Å². The van der Waals surface area contributed by atoms with E-state index in [-0.39, 0.29) is 5.91 Å². The maximum absolute atomic E-state index is 10.9. The van der Waals surface area contributed by atoms with Crippen molar-refractivity contribution in [2.45, 2.75) is 44.5 Å². The van der Waals surface area contributed by atoms with Crippen molar-refractivity contribution in [2.75, 3.05) is 10.6 Å². The smallest absolute Gasteiger partial charge is 0.221 e. The molecule has 0 unspecified atom stereocenters. The monoisotopic (exact) mass is 296 g/mol. The van der Waals surface area contributed by atoms with Crippen LogP contribution >= 0.6 is 0 Å². The van der Waals surface area contributed by atoms with Gasteiger partial charge in [-0.1, -0.05) is 0 Å². The quantitative estimate of drug-likeness (QED) is 0.532. The number of aliphatic hydroxyl groups excluding tert-OH is 3. The second kappa shape index (κ2) is 6.40. The average Bonchev–Trinajstić information content (AvgIpc) is 2.44. The zero-order chi connectivity index (χ0) is 15.6. The Balaban J connectivity index is 2.02. The molecule has 2 rings (SSSR count). The van der Waals surface area contributed by atoms with Crippen LogP contribution in [0.3, 0.4) is 0 Å². The Bertz CT molecular complexity index is 493.